The van der Waals surface area contributed by atoms with E-state index in [0.717, 1.165) is 51.8 Å². The number of hydrogen-bond donors (Lipinski definition) is 4. The summed E-state index contributed by atoms with van der Waals surface area (Å²) in [6.07, 6.45) is 9.90. The van der Waals surface area contributed by atoms with E-state index in [2.05, 4.69) is 86.5 Å². The van der Waals surface area contributed by atoms with Crippen LogP contribution in [0.15, 0.2) is 91.9 Å². The maximum absolute atomic E-state index is 9.99. The van der Waals surface area contributed by atoms with Crippen LogP contribution in [0.2, 0.25) is 5.02 Å². The van der Waals surface area contributed by atoms with Crippen molar-refractivity contribution in [3.63, 3.8) is 0 Å². The highest BCUT2D eigenvalue weighted by molar-refractivity contribution is 6.30. The van der Waals surface area contributed by atoms with E-state index in [4.69, 9.17) is 11.6 Å². The normalized spacial score (nSPS) is 20.1. The second-order valence-electron chi connectivity index (χ2n) is 9.57. The molecular weight excluding hydrogens is 470 g/mol. The van der Waals surface area contributed by atoms with Gasteiger partial charge in [0.15, 0.2) is 5.65 Å². The van der Waals surface area contributed by atoms with Crippen LogP contribution in [0.3, 0.4) is 0 Å². The first kappa shape index (κ1) is 22.7. The van der Waals surface area contributed by atoms with Crippen LogP contribution in [-0.4, -0.2) is 20.7 Å². The van der Waals surface area contributed by atoms with E-state index in [1.807, 2.05) is 24.5 Å². The summed E-state index contributed by atoms with van der Waals surface area (Å²) in [5.74, 6) is 0.118. The summed E-state index contributed by atoms with van der Waals surface area (Å²) < 4.78 is 2.08. The highest BCUT2D eigenvalue weighted by atomic mass is 35.5. The van der Waals surface area contributed by atoms with E-state index < -0.39 is 6.23 Å². The number of hydrogen-bond acceptors (Lipinski definition) is 5. The minimum Gasteiger partial charge on any atom is -0.376 e. The van der Waals surface area contributed by atoms with Crippen LogP contribution in [0.1, 0.15) is 42.0 Å². The third-order valence-electron chi connectivity index (χ3n) is 7.10. The third kappa shape index (κ3) is 4.34. The zero-order chi connectivity index (χ0) is 24.7. The Kier molecular flexibility index (Phi) is 5.70. The Bertz CT molecular complexity index is 1440. The summed E-state index contributed by atoms with van der Waals surface area (Å²) in [6, 6.07) is 20.5. The molecule has 2 aliphatic rings. The van der Waals surface area contributed by atoms with Gasteiger partial charge >= 0.3 is 0 Å². The molecule has 2 aromatic carbocycles. The molecule has 1 fully saturated rings. The zero-order valence-electron chi connectivity index (χ0n) is 19.8. The Morgan fingerprint density at radius 3 is 2.58 bits per heavy atom. The molecule has 0 amide bonds. The first-order valence-electron chi connectivity index (χ1n) is 12.2. The van der Waals surface area contributed by atoms with Gasteiger partial charge in [-0.15, -0.1) is 0 Å². The highest BCUT2D eigenvalue weighted by Crippen LogP contribution is 2.47. The van der Waals surface area contributed by atoms with E-state index in [-0.39, 0.29) is 11.5 Å². The van der Waals surface area contributed by atoms with Crippen LogP contribution < -0.4 is 16.0 Å². The highest BCUT2D eigenvalue weighted by Gasteiger charge is 2.44. The van der Waals surface area contributed by atoms with Gasteiger partial charge in [-0.25, -0.2) is 4.98 Å². The Hall–Kier alpha value is -3.74. The number of aromatic nitrogens is 2. The van der Waals surface area contributed by atoms with Gasteiger partial charge < -0.3 is 25.5 Å². The number of fused-ring (bicyclic) bond motifs is 1. The molecule has 2 atom stereocenters. The van der Waals surface area contributed by atoms with Gasteiger partial charge in [-0.1, -0.05) is 48.5 Å². The summed E-state index contributed by atoms with van der Waals surface area (Å²) in [6.45, 7) is 4.30. The average molecular weight is 498 g/mol. The van der Waals surface area contributed by atoms with Gasteiger partial charge in [0.2, 0.25) is 0 Å². The molecule has 0 saturated heterocycles. The lowest BCUT2D eigenvalue weighted by atomic mass is 9.97. The van der Waals surface area contributed by atoms with Gasteiger partial charge in [-0.05, 0) is 66.6 Å². The standard InChI is InChI=1S/C29H28ClN5O/c1-19(34-29(13-14-29)22-4-6-23(30)7-5-22)20-2-8-24(9-3-20)33-25-10-11-26(35-17-16-32-28(25)35)21-12-15-31-27(36)18-21/h2-12,15-17,21,27,31,33-34,36H,1,13-14,18H2. The number of nitrogens with one attached hydrogen (secondary N) is 3. The molecule has 36 heavy (non-hydrogen) atoms. The lowest BCUT2D eigenvalue weighted by Crippen LogP contribution is -2.29. The molecule has 4 aromatic rings. The Morgan fingerprint density at radius 2 is 1.86 bits per heavy atom. The quantitative estimate of drug-likeness (QED) is 0.256. The Morgan fingerprint density at radius 1 is 1.08 bits per heavy atom. The van der Waals surface area contributed by atoms with Gasteiger partial charge in [0.1, 0.15) is 6.23 Å². The predicted molar refractivity (Wildman–Crippen MR) is 145 cm³/mol. The second kappa shape index (κ2) is 9.04. The maximum Gasteiger partial charge on any atom is 0.160 e. The average Bonchev–Trinajstić information content (AvgIpc) is 3.49. The van der Waals surface area contributed by atoms with E-state index in [0.29, 0.717) is 6.42 Å². The number of imidazole rings is 1. The molecule has 6 nitrogen and oxygen atoms in total. The molecule has 1 saturated carbocycles. The van der Waals surface area contributed by atoms with E-state index in [1.54, 1.807) is 6.20 Å². The van der Waals surface area contributed by atoms with Crippen molar-refractivity contribution in [2.75, 3.05) is 5.32 Å². The smallest absolute Gasteiger partial charge is 0.160 e. The Labute approximate surface area is 215 Å². The summed E-state index contributed by atoms with van der Waals surface area (Å²) in [7, 11) is 0. The van der Waals surface area contributed by atoms with Crippen molar-refractivity contribution in [3.05, 3.63) is 114 Å². The van der Waals surface area contributed by atoms with E-state index >= 15 is 0 Å². The van der Waals surface area contributed by atoms with Crippen LogP contribution in [0.25, 0.3) is 11.3 Å². The summed E-state index contributed by atoms with van der Waals surface area (Å²) in [5.41, 5.74) is 7.00. The molecule has 1 aliphatic carbocycles. The summed E-state index contributed by atoms with van der Waals surface area (Å²) >= 11 is 6.07. The third-order valence-corrected chi connectivity index (χ3v) is 7.36. The second-order valence-corrected chi connectivity index (χ2v) is 10.0. The van der Waals surface area contributed by atoms with Crippen molar-refractivity contribution < 1.29 is 5.11 Å². The van der Waals surface area contributed by atoms with Crippen LogP contribution in [0, 0.1) is 0 Å². The molecular formula is C29H28ClN5O. The molecule has 0 bridgehead atoms. The van der Waals surface area contributed by atoms with Gasteiger partial charge in [0.25, 0.3) is 0 Å². The number of allylic oxidation sites excluding steroid dienone is 1. The molecule has 7 heteroatoms. The molecule has 0 spiro atoms. The van der Waals surface area contributed by atoms with Crippen molar-refractivity contribution in [1.82, 2.24) is 20.0 Å². The lowest BCUT2D eigenvalue weighted by molar-refractivity contribution is 0.133. The molecule has 6 rings (SSSR count). The predicted octanol–water partition coefficient (Wildman–Crippen LogP) is 5.89. The van der Waals surface area contributed by atoms with Crippen molar-refractivity contribution in [3.8, 4) is 0 Å². The van der Waals surface area contributed by atoms with Gasteiger partial charge in [-0.2, -0.15) is 0 Å². The maximum atomic E-state index is 9.99. The topological polar surface area (TPSA) is 73.6 Å². The van der Waals surface area contributed by atoms with Gasteiger partial charge in [0.05, 0.1) is 11.2 Å². The fraction of sp³-hybridized carbons (Fsp3) is 0.207. The SMILES string of the molecule is C=C(NC1(c2ccc(Cl)cc2)CC1)c1ccc(Nc2ccc(C3C=CNC(O)C3)n3ccnc23)cc1. The number of aliphatic hydroxyl groups excluding tert-OH is 1. The minimum absolute atomic E-state index is 0.0494. The first-order valence-corrected chi connectivity index (χ1v) is 12.6. The van der Waals surface area contributed by atoms with Crippen LogP contribution in [0.4, 0.5) is 11.4 Å². The molecule has 0 radical (unpaired) electrons. The Balaban J connectivity index is 1.17. The molecule has 182 valence electrons. The van der Waals surface area contributed by atoms with Crippen molar-refractivity contribution >= 4 is 34.3 Å². The number of halogens is 1. The zero-order valence-corrected chi connectivity index (χ0v) is 20.5. The van der Waals surface area contributed by atoms with Gasteiger partial charge in [-0.3, -0.25) is 0 Å². The minimum atomic E-state index is -0.542. The molecule has 1 aliphatic heterocycles. The van der Waals surface area contributed by atoms with Crippen LogP contribution in [0.5, 0.6) is 0 Å². The molecule has 4 N–H and O–H groups in total. The number of aliphatic hydroxyl groups is 1. The van der Waals surface area contributed by atoms with Crippen molar-refractivity contribution in [2.45, 2.75) is 36.9 Å². The van der Waals surface area contributed by atoms with E-state index in [9.17, 15) is 5.11 Å². The number of anilines is 2. The molecule has 2 aromatic heterocycles. The number of rotatable bonds is 7. The fourth-order valence-electron chi connectivity index (χ4n) is 4.97. The number of nitrogens with zero attached hydrogens (tertiary/aromatic N) is 2. The van der Waals surface area contributed by atoms with E-state index in [1.165, 1.54) is 5.56 Å². The van der Waals surface area contributed by atoms with Crippen molar-refractivity contribution in [1.29, 1.82) is 0 Å². The van der Waals surface area contributed by atoms with Crippen LogP contribution >= 0.6 is 11.6 Å². The van der Waals surface area contributed by atoms with Gasteiger partial charge in [0, 0.05) is 46.8 Å². The molecule has 2 unspecified atom stereocenters. The lowest BCUT2D eigenvalue weighted by Gasteiger charge is -2.24. The van der Waals surface area contributed by atoms with Crippen molar-refractivity contribution in [2.24, 2.45) is 0 Å². The molecule has 3 heterocycles. The number of pyridine rings is 1. The fourth-order valence-corrected chi connectivity index (χ4v) is 5.10. The first-order chi connectivity index (χ1) is 17.5. The largest absolute Gasteiger partial charge is 0.376 e. The van der Waals surface area contributed by atoms with Crippen LogP contribution in [-0.2, 0) is 5.54 Å². The summed E-state index contributed by atoms with van der Waals surface area (Å²) in [4.78, 5) is 4.58. The summed E-state index contributed by atoms with van der Waals surface area (Å²) in [5, 5.41) is 20.8. The number of benzene rings is 2. The monoisotopic (exact) mass is 497 g/mol.